The summed E-state index contributed by atoms with van der Waals surface area (Å²) in [6.45, 7) is 2.58. The Kier molecular flexibility index (Phi) is 9.60. The van der Waals surface area contributed by atoms with E-state index in [-0.39, 0.29) is 38.7 Å². The van der Waals surface area contributed by atoms with Gasteiger partial charge in [0.15, 0.2) is 11.5 Å². The molecule has 0 aliphatic rings. The first kappa shape index (κ1) is 30.7. The van der Waals surface area contributed by atoms with E-state index in [1.807, 2.05) is 0 Å². The van der Waals surface area contributed by atoms with Gasteiger partial charge in [-0.1, -0.05) is 0 Å². The summed E-state index contributed by atoms with van der Waals surface area (Å²) in [6, 6.07) is 12.0. The fourth-order valence-corrected chi connectivity index (χ4v) is 6.39. The molecule has 0 heterocycles. The average Bonchev–Trinajstić information content (AvgIpc) is 2.91. The molecule has 14 heteroatoms. The predicted molar refractivity (Wildman–Crippen MR) is 148 cm³/mol. The minimum Gasteiger partial charge on any atom is -0.495 e. The number of hydrogen-bond acceptors (Lipinski definition) is 8. The first-order valence-corrected chi connectivity index (χ1v) is 14.7. The molecule has 0 aliphatic heterocycles. The molecule has 3 aromatic carbocycles. The highest BCUT2D eigenvalue weighted by Crippen LogP contribution is 2.33. The molecule has 3 aromatic rings. The third-order valence-corrected chi connectivity index (χ3v) is 8.92. The van der Waals surface area contributed by atoms with Gasteiger partial charge in [0.1, 0.15) is 18.1 Å². The molecule has 3 rings (SSSR count). The van der Waals surface area contributed by atoms with Crippen molar-refractivity contribution in [1.82, 2.24) is 4.72 Å². The first-order chi connectivity index (χ1) is 18.8. The molecule has 216 valence electrons. The Morgan fingerprint density at radius 2 is 1.40 bits per heavy atom. The molecule has 2 N–H and O–H groups in total. The van der Waals surface area contributed by atoms with Crippen molar-refractivity contribution >= 4 is 37.3 Å². The number of amides is 1. The molecular formula is C26H30FN3O8S2. The normalized spacial score (nSPS) is 11.7. The van der Waals surface area contributed by atoms with Crippen molar-refractivity contribution in [3.05, 3.63) is 66.5 Å². The molecule has 0 saturated heterocycles. The number of anilines is 2. The Hall–Kier alpha value is -3.88. The topological polar surface area (TPSA) is 140 Å². The Morgan fingerprint density at radius 3 is 1.98 bits per heavy atom. The molecule has 0 unspecified atom stereocenters. The van der Waals surface area contributed by atoms with E-state index < -0.39 is 38.3 Å². The highest BCUT2D eigenvalue weighted by atomic mass is 32.2. The van der Waals surface area contributed by atoms with Gasteiger partial charge in [0.25, 0.3) is 10.0 Å². The average molecular weight is 596 g/mol. The van der Waals surface area contributed by atoms with Crippen LogP contribution in [0.3, 0.4) is 0 Å². The van der Waals surface area contributed by atoms with Crippen molar-refractivity contribution in [3.8, 4) is 17.2 Å². The first-order valence-electron chi connectivity index (χ1n) is 11.8. The molecule has 0 fully saturated rings. The number of halogens is 1. The summed E-state index contributed by atoms with van der Waals surface area (Å²) in [5.41, 5.74) is 0.0115. The van der Waals surface area contributed by atoms with Crippen molar-refractivity contribution < 1.29 is 40.2 Å². The number of carbonyl (C=O) groups is 1. The Balaban J connectivity index is 2.01. The molecule has 40 heavy (non-hydrogen) atoms. The van der Waals surface area contributed by atoms with E-state index in [9.17, 15) is 26.0 Å². The Bertz CT molecular complexity index is 1580. The van der Waals surface area contributed by atoms with Crippen molar-refractivity contribution in [3.63, 3.8) is 0 Å². The summed E-state index contributed by atoms with van der Waals surface area (Å²) in [7, 11) is -4.23. The van der Waals surface area contributed by atoms with Gasteiger partial charge in [0.2, 0.25) is 15.9 Å². The molecule has 0 radical (unpaired) electrons. The van der Waals surface area contributed by atoms with Crippen LogP contribution in [0.15, 0.2) is 70.5 Å². The molecule has 0 spiro atoms. The van der Waals surface area contributed by atoms with Crippen molar-refractivity contribution in [2.45, 2.75) is 29.7 Å². The van der Waals surface area contributed by atoms with E-state index in [4.69, 9.17) is 14.2 Å². The minimum atomic E-state index is -4.40. The van der Waals surface area contributed by atoms with Gasteiger partial charge in [-0.2, -0.15) is 0 Å². The van der Waals surface area contributed by atoms with Crippen LogP contribution in [0.1, 0.15) is 13.8 Å². The van der Waals surface area contributed by atoms with Gasteiger partial charge in [-0.05, 0) is 68.4 Å². The summed E-state index contributed by atoms with van der Waals surface area (Å²) in [6.07, 6.45) is 0. The van der Waals surface area contributed by atoms with Crippen molar-refractivity contribution in [2.75, 3.05) is 37.5 Å². The van der Waals surface area contributed by atoms with Crippen LogP contribution in [0.5, 0.6) is 17.2 Å². The quantitative estimate of drug-likeness (QED) is 0.325. The summed E-state index contributed by atoms with van der Waals surface area (Å²) in [4.78, 5) is 12.9. The van der Waals surface area contributed by atoms with E-state index in [1.54, 1.807) is 13.8 Å². The van der Waals surface area contributed by atoms with Crippen molar-refractivity contribution in [1.29, 1.82) is 0 Å². The molecule has 11 nitrogen and oxygen atoms in total. The smallest absolute Gasteiger partial charge is 0.264 e. The number of rotatable bonds is 12. The van der Waals surface area contributed by atoms with Gasteiger partial charge in [-0.25, -0.2) is 25.9 Å². The Labute approximate surface area is 233 Å². The lowest BCUT2D eigenvalue weighted by Crippen LogP contribution is -2.38. The van der Waals surface area contributed by atoms with Gasteiger partial charge in [0.05, 0.1) is 42.5 Å². The van der Waals surface area contributed by atoms with E-state index in [2.05, 4.69) is 10.0 Å². The number of nitrogens with one attached hydrogen (secondary N) is 2. The molecule has 1 amide bonds. The fraction of sp³-hybridized carbons (Fsp3) is 0.269. The van der Waals surface area contributed by atoms with Crippen LogP contribution in [0.25, 0.3) is 0 Å². The number of ether oxygens (including phenoxy) is 3. The van der Waals surface area contributed by atoms with Gasteiger partial charge < -0.3 is 19.5 Å². The molecule has 0 saturated carbocycles. The largest absolute Gasteiger partial charge is 0.495 e. The van der Waals surface area contributed by atoms with Gasteiger partial charge >= 0.3 is 0 Å². The number of sulfonamides is 2. The molecule has 0 atom stereocenters. The van der Waals surface area contributed by atoms with Crippen LogP contribution < -0.4 is 28.6 Å². The summed E-state index contributed by atoms with van der Waals surface area (Å²) in [5.74, 6) is -0.841. The van der Waals surface area contributed by atoms with Gasteiger partial charge in [0, 0.05) is 12.1 Å². The second-order valence-corrected chi connectivity index (χ2v) is 12.3. The number of carbonyl (C=O) groups excluding carboxylic acids is 1. The second kappa shape index (κ2) is 12.5. The Morgan fingerprint density at radius 1 is 0.825 bits per heavy atom. The third-order valence-electron chi connectivity index (χ3n) is 5.49. The maximum Gasteiger partial charge on any atom is 0.264 e. The van der Waals surface area contributed by atoms with Crippen LogP contribution in [-0.4, -0.2) is 56.7 Å². The monoisotopic (exact) mass is 595 g/mol. The maximum absolute atomic E-state index is 13.7. The lowest BCUT2D eigenvalue weighted by atomic mass is 10.3. The number of methoxy groups -OCH3 is 3. The number of nitrogens with zero attached hydrogens (tertiary/aromatic N) is 1. The summed E-state index contributed by atoms with van der Waals surface area (Å²) in [5, 5.41) is 2.52. The molecular weight excluding hydrogens is 565 g/mol. The zero-order valence-corrected chi connectivity index (χ0v) is 24.1. The minimum absolute atomic E-state index is 0.00158. The van der Waals surface area contributed by atoms with E-state index in [1.165, 1.54) is 69.9 Å². The van der Waals surface area contributed by atoms with Gasteiger partial charge in [-0.3, -0.25) is 9.10 Å². The maximum atomic E-state index is 13.7. The number of benzene rings is 3. The van der Waals surface area contributed by atoms with E-state index in [0.29, 0.717) is 5.75 Å². The highest BCUT2D eigenvalue weighted by molar-refractivity contribution is 7.92. The van der Waals surface area contributed by atoms with Gasteiger partial charge in [-0.15, -0.1) is 0 Å². The standard InChI is InChI=1S/C26H30FN3O8S2/c1-17(2)29-39(32,33)20-10-12-23(36-3)22(14-20)28-26(31)16-30(19-8-6-18(27)7-9-19)40(34,35)21-11-13-24(37-4)25(15-21)38-5/h6-15,17,29H,16H2,1-5H3,(H,28,31). The van der Waals surface area contributed by atoms with Crippen LogP contribution in [0, 0.1) is 5.82 Å². The fourth-order valence-electron chi connectivity index (χ4n) is 3.68. The zero-order valence-electron chi connectivity index (χ0n) is 22.5. The predicted octanol–water partition coefficient (Wildman–Crippen LogP) is 3.37. The second-order valence-electron chi connectivity index (χ2n) is 8.69. The lowest BCUT2D eigenvalue weighted by Gasteiger charge is -2.25. The van der Waals surface area contributed by atoms with E-state index >= 15 is 0 Å². The van der Waals surface area contributed by atoms with Crippen LogP contribution in [0.2, 0.25) is 0 Å². The molecule has 0 bridgehead atoms. The third kappa shape index (κ3) is 7.00. The van der Waals surface area contributed by atoms with Crippen molar-refractivity contribution in [2.24, 2.45) is 0 Å². The van der Waals surface area contributed by atoms with Crippen LogP contribution in [0.4, 0.5) is 15.8 Å². The van der Waals surface area contributed by atoms with Crippen LogP contribution >= 0.6 is 0 Å². The highest BCUT2D eigenvalue weighted by Gasteiger charge is 2.29. The number of hydrogen-bond donors (Lipinski definition) is 2. The summed E-state index contributed by atoms with van der Waals surface area (Å²) < 4.78 is 85.3. The summed E-state index contributed by atoms with van der Waals surface area (Å²) >= 11 is 0. The zero-order chi connectivity index (χ0) is 29.7. The van der Waals surface area contributed by atoms with Crippen LogP contribution in [-0.2, 0) is 24.8 Å². The van der Waals surface area contributed by atoms with E-state index in [0.717, 1.165) is 16.4 Å². The molecule has 0 aromatic heterocycles. The lowest BCUT2D eigenvalue weighted by molar-refractivity contribution is -0.114. The molecule has 0 aliphatic carbocycles. The SMILES string of the molecule is COc1ccc(S(=O)(=O)NC(C)C)cc1NC(=O)CN(c1ccc(F)cc1)S(=O)(=O)c1ccc(OC)c(OC)c1.